The number of aromatic nitrogens is 1. The summed E-state index contributed by atoms with van der Waals surface area (Å²) in [5.74, 6) is 0. The minimum atomic E-state index is 1.21. The van der Waals surface area contributed by atoms with E-state index in [4.69, 9.17) is 0 Å². The molecule has 0 aliphatic carbocycles. The molecule has 0 atom stereocenters. The lowest BCUT2D eigenvalue weighted by Crippen LogP contribution is -2.04. The molecule has 1 aromatic rings. The van der Waals surface area contributed by atoms with Crippen molar-refractivity contribution in [2.45, 2.75) is 85.1 Å². The second-order valence-electron chi connectivity index (χ2n) is 5.40. The van der Waals surface area contributed by atoms with E-state index in [-0.39, 0.29) is 0 Å². The van der Waals surface area contributed by atoms with Gasteiger partial charge in [-0.25, -0.2) is 0 Å². The summed E-state index contributed by atoms with van der Waals surface area (Å²) in [6.45, 7) is 8.06. The Morgan fingerprint density at radius 2 is 1.56 bits per heavy atom. The summed E-state index contributed by atoms with van der Waals surface area (Å²) in [5.41, 5.74) is 3.24. The summed E-state index contributed by atoms with van der Waals surface area (Å²) in [6, 6.07) is 2.37. The van der Waals surface area contributed by atoms with E-state index in [1.807, 2.05) is 0 Å². The SMILES string of the molecule is CCCCCc1c(CCCC)ccn1CCCC. The lowest BCUT2D eigenvalue weighted by molar-refractivity contribution is 0.590. The molecule has 0 N–H and O–H groups in total. The van der Waals surface area contributed by atoms with Gasteiger partial charge in [-0.1, -0.05) is 46.5 Å². The highest BCUT2D eigenvalue weighted by Gasteiger charge is 2.08. The summed E-state index contributed by atoms with van der Waals surface area (Å²) in [7, 11) is 0. The Bertz CT molecular complexity index is 286. The van der Waals surface area contributed by atoms with Gasteiger partial charge in [0.2, 0.25) is 0 Å². The minimum absolute atomic E-state index is 1.21. The van der Waals surface area contributed by atoms with Crippen molar-refractivity contribution in [3.63, 3.8) is 0 Å². The molecule has 0 aromatic carbocycles. The maximum atomic E-state index is 2.52. The van der Waals surface area contributed by atoms with Gasteiger partial charge in [-0.15, -0.1) is 0 Å². The minimum Gasteiger partial charge on any atom is -0.351 e. The molecule has 0 saturated carbocycles. The topological polar surface area (TPSA) is 4.93 Å². The predicted octanol–water partition coefficient (Wildman–Crippen LogP) is 5.36. The second kappa shape index (κ2) is 9.24. The zero-order chi connectivity index (χ0) is 13.2. The fraction of sp³-hybridized carbons (Fsp3) is 0.765. The van der Waals surface area contributed by atoms with E-state index in [1.165, 1.54) is 64.3 Å². The van der Waals surface area contributed by atoms with E-state index in [2.05, 4.69) is 37.6 Å². The number of unbranched alkanes of at least 4 members (excludes halogenated alkanes) is 4. The van der Waals surface area contributed by atoms with Gasteiger partial charge in [-0.2, -0.15) is 0 Å². The van der Waals surface area contributed by atoms with Crippen molar-refractivity contribution < 1.29 is 0 Å². The third kappa shape index (κ3) is 4.88. The zero-order valence-electron chi connectivity index (χ0n) is 12.7. The summed E-state index contributed by atoms with van der Waals surface area (Å²) in [5, 5.41) is 0. The van der Waals surface area contributed by atoms with Crippen LogP contribution in [0.3, 0.4) is 0 Å². The van der Waals surface area contributed by atoms with Crippen LogP contribution in [0.5, 0.6) is 0 Å². The Morgan fingerprint density at radius 1 is 0.833 bits per heavy atom. The number of rotatable bonds is 10. The van der Waals surface area contributed by atoms with Gasteiger partial charge in [0.05, 0.1) is 0 Å². The van der Waals surface area contributed by atoms with Crippen LogP contribution in [-0.2, 0) is 19.4 Å². The van der Waals surface area contributed by atoms with Crippen LogP contribution in [0.15, 0.2) is 12.3 Å². The largest absolute Gasteiger partial charge is 0.351 e. The molecular formula is C17H31N. The number of hydrogen-bond acceptors (Lipinski definition) is 0. The molecule has 1 heteroatoms. The van der Waals surface area contributed by atoms with E-state index in [0.29, 0.717) is 0 Å². The molecule has 18 heavy (non-hydrogen) atoms. The number of aryl methyl sites for hydroxylation is 2. The molecule has 0 radical (unpaired) electrons. The molecule has 0 aliphatic rings. The molecule has 0 fully saturated rings. The molecule has 0 unspecified atom stereocenters. The Labute approximate surface area is 114 Å². The zero-order valence-corrected chi connectivity index (χ0v) is 12.7. The average molecular weight is 249 g/mol. The van der Waals surface area contributed by atoms with Crippen molar-refractivity contribution in [1.29, 1.82) is 0 Å². The Balaban J connectivity index is 2.66. The smallest absolute Gasteiger partial charge is 0.0222 e. The molecule has 0 saturated heterocycles. The highest BCUT2D eigenvalue weighted by Crippen LogP contribution is 2.18. The molecule has 1 nitrogen and oxygen atoms in total. The van der Waals surface area contributed by atoms with Crippen molar-refractivity contribution in [2.24, 2.45) is 0 Å². The van der Waals surface area contributed by atoms with E-state index < -0.39 is 0 Å². The summed E-state index contributed by atoms with van der Waals surface area (Å²) >= 11 is 0. The first-order valence-electron chi connectivity index (χ1n) is 8.00. The van der Waals surface area contributed by atoms with Crippen molar-refractivity contribution >= 4 is 0 Å². The molecule has 0 amide bonds. The van der Waals surface area contributed by atoms with E-state index in [9.17, 15) is 0 Å². The normalized spacial score (nSPS) is 11.1. The standard InChI is InChI=1S/C17H31N/c1-4-7-10-12-17-16(11-8-5-2)13-15-18(17)14-9-6-3/h13,15H,4-12,14H2,1-3H3. The van der Waals surface area contributed by atoms with Gasteiger partial charge in [0.1, 0.15) is 0 Å². The Kier molecular flexibility index (Phi) is 7.88. The molecule has 1 rings (SSSR count). The molecular weight excluding hydrogens is 218 g/mol. The van der Waals surface area contributed by atoms with Gasteiger partial charge in [0.15, 0.2) is 0 Å². The summed E-state index contributed by atoms with van der Waals surface area (Å²) in [6.07, 6.45) is 14.1. The van der Waals surface area contributed by atoms with Crippen LogP contribution in [-0.4, -0.2) is 4.57 Å². The van der Waals surface area contributed by atoms with Crippen LogP contribution in [0.2, 0.25) is 0 Å². The van der Waals surface area contributed by atoms with Crippen LogP contribution in [0.4, 0.5) is 0 Å². The van der Waals surface area contributed by atoms with Gasteiger partial charge in [0.25, 0.3) is 0 Å². The third-order valence-electron chi connectivity index (χ3n) is 3.74. The predicted molar refractivity (Wildman–Crippen MR) is 81.2 cm³/mol. The maximum Gasteiger partial charge on any atom is 0.0222 e. The fourth-order valence-corrected chi connectivity index (χ4v) is 2.53. The first-order chi connectivity index (χ1) is 8.83. The van der Waals surface area contributed by atoms with Crippen molar-refractivity contribution in [2.75, 3.05) is 0 Å². The van der Waals surface area contributed by atoms with Crippen LogP contribution in [0.1, 0.15) is 77.0 Å². The summed E-state index contributed by atoms with van der Waals surface area (Å²) in [4.78, 5) is 0. The molecule has 1 heterocycles. The quantitative estimate of drug-likeness (QED) is 0.492. The Morgan fingerprint density at radius 3 is 2.22 bits per heavy atom. The lowest BCUT2D eigenvalue weighted by Gasteiger charge is -2.11. The summed E-state index contributed by atoms with van der Waals surface area (Å²) < 4.78 is 2.52. The highest BCUT2D eigenvalue weighted by atomic mass is 15.0. The lowest BCUT2D eigenvalue weighted by atomic mass is 10.0. The van der Waals surface area contributed by atoms with Crippen molar-refractivity contribution in [1.82, 2.24) is 4.57 Å². The van der Waals surface area contributed by atoms with Crippen LogP contribution in [0.25, 0.3) is 0 Å². The number of hydrogen-bond donors (Lipinski definition) is 0. The maximum absolute atomic E-state index is 2.52. The molecule has 1 aromatic heterocycles. The first-order valence-corrected chi connectivity index (χ1v) is 8.00. The van der Waals surface area contributed by atoms with Crippen LogP contribution in [0, 0.1) is 0 Å². The van der Waals surface area contributed by atoms with Crippen LogP contribution >= 0.6 is 0 Å². The van der Waals surface area contributed by atoms with Crippen LogP contribution < -0.4 is 0 Å². The monoisotopic (exact) mass is 249 g/mol. The average Bonchev–Trinajstić information content (AvgIpc) is 2.77. The van der Waals surface area contributed by atoms with Gasteiger partial charge in [-0.3, -0.25) is 0 Å². The Hall–Kier alpha value is -0.720. The number of nitrogens with zero attached hydrogens (tertiary/aromatic N) is 1. The van der Waals surface area contributed by atoms with Crippen molar-refractivity contribution in [3.8, 4) is 0 Å². The highest BCUT2D eigenvalue weighted by molar-refractivity contribution is 5.23. The third-order valence-corrected chi connectivity index (χ3v) is 3.74. The van der Waals surface area contributed by atoms with Gasteiger partial charge >= 0.3 is 0 Å². The fourth-order valence-electron chi connectivity index (χ4n) is 2.53. The van der Waals surface area contributed by atoms with E-state index >= 15 is 0 Å². The van der Waals surface area contributed by atoms with Crippen molar-refractivity contribution in [3.05, 3.63) is 23.5 Å². The molecule has 0 aliphatic heterocycles. The van der Waals surface area contributed by atoms with E-state index in [0.717, 1.165) is 0 Å². The van der Waals surface area contributed by atoms with Gasteiger partial charge in [-0.05, 0) is 43.7 Å². The second-order valence-corrected chi connectivity index (χ2v) is 5.40. The van der Waals surface area contributed by atoms with Gasteiger partial charge in [0, 0.05) is 18.4 Å². The van der Waals surface area contributed by atoms with E-state index in [1.54, 1.807) is 11.3 Å². The van der Waals surface area contributed by atoms with Gasteiger partial charge < -0.3 is 4.57 Å². The molecule has 0 spiro atoms. The molecule has 104 valence electrons. The molecule has 0 bridgehead atoms. The first kappa shape index (κ1) is 15.3.